The Balaban J connectivity index is 1.60. The molecule has 33 heavy (non-hydrogen) atoms. The van der Waals surface area contributed by atoms with Crippen molar-refractivity contribution in [1.29, 1.82) is 0 Å². The summed E-state index contributed by atoms with van der Waals surface area (Å²) in [5, 5.41) is 5.00. The monoisotopic (exact) mass is 424 g/mol. The third-order valence-corrected chi connectivity index (χ3v) is 6.35. The molecule has 0 aliphatic carbocycles. The Bertz CT molecular complexity index is 1600. The van der Waals surface area contributed by atoms with Crippen LogP contribution in [0.4, 0.5) is 11.4 Å². The van der Waals surface area contributed by atoms with Crippen LogP contribution in [-0.2, 0) is 0 Å². The summed E-state index contributed by atoms with van der Waals surface area (Å²) in [6.07, 6.45) is 1.97. The molecule has 0 radical (unpaired) electrons. The lowest BCUT2D eigenvalue weighted by Gasteiger charge is -2.25. The van der Waals surface area contributed by atoms with Gasteiger partial charge in [0.05, 0.1) is 11.0 Å². The number of benzene rings is 5. The number of rotatable bonds is 5. The molecule has 0 fully saturated rings. The second kappa shape index (κ2) is 7.99. The number of anilines is 2. The van der Waals surface area contributed by atoms with E-state index < -0.39 is 0 Å². The molecule has 0 aliphatic rings. The van der Waals surface area contributed by atoms with Gasteiger partial charge in [0, 0.05) is 39.8 Å². The molecular weight excluding hydrogens is 400 g/mol. The van der Waals surface area contributed by atoms with Crippen LogP contribution in [0.25, 0.3) is 38.3 Å². The summed E-state index contributed by atoms with van der Waals surface area (Å²) in [5.41, 5.74) is 5.96. The Morgan fingerprint density at radius 1 is 0.636 bits per heavy atom. The van der Waals surface area contributed by atoms with E-state index in [9.17, 15) is 0 Å². The van der Waals surface area contributed by atoms with E-state index in [4.69, 9.17) is 0 Å². The predicted octanol–water partition coefficient (Wildman–Crippen LogP) is 8.26. The third-order valence-electron chi connectivity index (χ3n) is 6.35. The van der Waals surface area contributed by atoms with Gasteiger partial charge in [-0.05, 0) is 47.9 Å². The first-order valence-corrected chi connectivity index (χ1v) is 11.3. The van der Waals surface area contributed by atoms with Crippen molar-refractivity contribution < 1.29 is 0 Å². The van der Waals surface area contributed by atoms with Crippen molar-refractivity contribution in [2.45, 2.75) is 0 Å². The lowest BCUT2D eigenvalue weighted by atomic mass is 10.1. The molecule has 0 amide bonds. The predicted molar refractivity (Wildman–Crippen MR) is 142 cm³/mol. The molecule has 2 nitrogen and oxygen atoms in total. The molecule has 0 spiro atoms. The molecule has 0 atom stereocenters. The van der Waals surface area contributed by atoms with Crippen LogP contribution >= 0.6 is 0 Å². The molecule has 0 aliphatic heterocycles. The average Bonchev–Trinajstić information content (AvgIpc) is 3.21. The lowest BCUT2D eigenvalue weighted by molar-refractivity contribution is 1.11. The first-order chi connectivity index (χ1) is 16.3. The molecule has 0 N–H and O–H groups in total. The number of nitrogens with zero attached hydrogens (tertiary/aromatic N) is 2. The quantitative estimate of drug-likeness (QED) is 0.253. The van der Waals surface area contributed by atoms with Crippen molar-refractivity contribution in [2.75, 3.05) is 11.4 Å². The number of hydrogen-bond donors (Lipinski definition) is 0. The summed E-state index contributed by atoms with van der Waals surface area (Å²) in [7, 11) is 0. The highest BCUT2D eigenvalue weighted by Crippen LogP contribution is 2.37. The Labute approximate surface area is 193 Å². The molecule has 5 aromatic carbocycles. The van der Waals surface area contributed by atoms with Crippen LogP contribution in [0.15, 0.2) is 128 Å². The molecule has 6 rings (SSSR count). The maximum Gasteiger partial charge on any atom is 0.0542 e. The fourth-order valence-electron chi connectivity index (χ4n) is 4.90. The van der Waals surface area contributed by atoms with Crippen LogP contribution < -0.4 is 4.90 Å². The number of aromatic nitrogens is 1. The van der Waals surface area contributed by atoms with Crippen LogP contribution in [0, 0.1) is 0 Å². The fraction of sp³-hybridized carbons (Fsp3) is 0.0323. The van der Waals surface area contributed by atoms with Gasteiger partial charge in [0.15, 0.2) is 0 Å². The maximum atomic E-state index is 4.04. The van der Waals surface area contributed by atoms with Crippen LogP contribution in [-0.4, -0.2) is 11.1 Å². The van der Waals surface area contributed by atoms with Gasteiger partial charge in [-0.25, -0.2) is 0 Å². The normalized spacial score (nSPS) is 11.3. The summed E-state index contributed by atoms with van der Waals surface area (Å²) in [6.45, 7) is 4.77. The molecular formula is C31H24N2. The van der Waals surface area contributed by atoms with Gasteiger partial charge < -0.3 is 9.47 Å². The molecule has 6 aromatic rings. The van der Waals surface area contributed by atoms with Crippen LogP contribution in [0.1, 0.15) is 0 Å². The Morgan fingerprint density at radius 3 is 2.18 bits per heavy atom. The summed E-state index contributed by atoms with van der Waals surface area (Å²) in [6, 6.07) is 41.1. The van der Waals surface area contributed by atoms with E-state index in [2.05, 4.69) is 131 Å². The van der Waals surface area contributed by atoms with E-state index in [1.165, 1.54) is 44.0 Å². The molecule has 0 saturated heterocycles. The second-order valence-corrected chi connectivity index (χ2v) is 8.29. The van der Waals surface area contributed by atoms with Crippen LogP contribution in [0.3, 0.4) is 0 Å². The highest BCUT2D eigenvalue weighted by Gasteiger charge is 2.16. The average molecular weight is 425 g/mol. The highest BCUT2D eigenvalue weighted by molar-refractivity contribution is 6.10. The molecule has 2 heteroatoms. The topological polar surface area (TPSA) is 8.17 Å². The van der Waals surface area contributed by atoms with E-state index >= 15 is 0 Å². The van der Waals surface area contributed by atoms with Crippen molar-refractivity contribution in [3.05, 3.63) is 128 Å². The standard InChI is InChI=1S/C31H24N2/c1-2-21-32(29-18-10-12-23-11-6-7-15-26(23)29)25-19-20-31-28(22-25)27-16-8-9-17-30(27)33(31)24-13-4-3-5-14-24/h2-20,22H,1,21H2. The van der Waals surface area contributed by atoms with Crippen molar-refractivity contribution in [3.63, 3.8) is 0 Å². The zero-order valence-electron chi connectivity index (χ0n) is 18.4. The maximum absolute atomic E-state index is 4.04. The van der Waals surface area contributed by atoms with E-state index in [0.717, 1.165) is 12.2 Å². The van der Waals surface area contributed by atoms with Gasteiger partial charge in [-0.3, -0.25) is 0 Å². The largest absolute Gasteiger partial charge is 0.337 e. The summed E-state index contributed by atoms with van der Waals surface area (Å²) >= 11 is 0. The van der Waals surface area contributed by atoms with E-state index in [-0.39, 0.29) is 0 Å². The SMILES string of the molecule is C=CCN(c1ccc2c(c1)c1ccccc1n2-c1ccccc1)c1cccc2ccccc12. The molecule has 0 bridgehead atoms. The van der Waals surface area contributed by atoms with Gasteiger partial charge in [-0.2, -0.15) is 0 Å². The van der Waals surface area contributed by atoms with E-state index in [0.29, 0.717) is 0 Å². The molecule has 1 aromatic heterocycles. The molecule has 0 unspecified atom stereocenters. The summed E-state index contributed by atoms with van der Waals surface area (Å²) in [5.74, 6) is 0. The van der Waals surface area contributed by atoms with E-state index in [1.54, 1.807) is 0 Å². The number of fused-ring (bicyclic) bond motifs is 4. The Morgan fingerprint density at radius 2 is 1.33 bits per heavy atom. The van der Waals surface area contributed by atoms with Gasteiger partial charge in [0.1, 0.15) is 0 Å². The summed E-state index contributed by atoms with van der Waals surface area (Å²) in [4.78, 5) is 2.35. The molecule has 0 saturated carbocycles. The van der Waals surface area contributed by atoms with Gasteiger partial charge in [-0.15, -0.1) is 6.58 Å². The third kappa shape index (κ3) is 3.19. The molecule has 1 heterocycles. The minimum absolute atomic E-state index is 0.733. The Hall–Kier alpha value is -4.30. The van der Waals surface area contributed by atoms with Gasteiger partial charge in [0.25, 0.3) is 0 Å². The van der Waals surface area contributed by atoms with Crippen molar-refractivity contribution in [1.82, 2.24) is 4.57 Å². The first kappa shape index (κ1) is 19.4. The van der Waals surface area contributed by atoms with Gasteiger partial charge in [0.2, 0.25) is 0 Å². The second-order valence-electron chi connectivity index (χ2n) is 8.29. The minimum Gasteiger partial charge on any atom is -0.337 e. The van der Waals surface area contributed by atoms with Crippen LogP contribution in [0.5, 0.6) is 0 Å². The summed E-state index contributed by atoms with van der Waals surface area (Å²) < 4.78 is 2.35. The van der Waals surface area contributed by atoms with Crippen LogP contribution in [0.2, 0.25) is 0 Å². The Kier molecular flexibility index (Phi) is 4.70. The van der Waals surface area contributed by atoms with E-state index in [1.807, 2.05) is 6.08 Å². The van der Waals surface area contributed by atoms with Gasteiger partial charge in [-0.1, -0.05) is 78.9 Å². The van der Waals surface area contributed by atoms with Crippen molar-refractivity contribution in [2.24, 2.45) is 0 Å². The van der Waals surface area contributed by atoms with Gasteiger partial charge >= 0.3 is 0 Å². The van der Waals surface area contributed by atoms with Crippen molar-refractivity contribution in [3.8, 4) is 5.69 Å². The number of hydrogen-bond acceptors (Lipinski definition) is 1. The zero-order valence-corrected chi connectivity index (χ0v) is 18.4. The minimum atomic E-state index is 0.733. The van der Waals surface area contributed by atoms with Crippen molar-refractivity contribution >= 4 is 44.0 Å². The smallest absolute Gasteiger partial charge is 0.0542 e. The fourth-order valence-corrected chi connectivity index (χ4v) is 4.90. The number of para-hydroxylation sites is 2. The molecule has 158 valence electrons. The first-order valence-electron chi connectivity index (χ1n) is 11.3. The zero-order chi connectivity index (χ0) is 22.2. The lowest BCUT2D eigenvalue weighted by Crippen LogP contribution is -2.17. The highest BCUT2D eigenvalue weighted by atomic mass is 15.1.